The van der Waals surface area contributed by atoms with E-state index in [1.54, 1.807) is 13.1 Å². The van der Waals surface area contributed by atoms with Gasteiger partial charge in [-0.3, -0.25) is 0 Å². The first-order chi connectivity index (χ1) is 7.96. The van der Waals surface area contributed by atoms with E-state index < -0.39 is 12.8 Å². The Bertz CT molecular complexity index is 375. The minimum atomic E-state index is -4.38. The summed E-state index contributed by atoms with van der Waals surface area (Å²) in [4.78, 5) is 3.83. The smallest absolute Gasteiger partial charge is 0.422 e. The van der Waals surface area contributed by atoms with Crippen LogP contribution in [0.1, 0.15) is 5.56 Å². The molecule has 0 amide bonds. The number of methoxy groups -OCH3 is 1. The van der Waals surface area contributed by atoms with Crippen molar-refractivity contribution in [1.29, 1.82) is 0 Å². The highest BCUT2D eigenvalue weighted by Gasteiger charge is 2.28. The van der Waals surface area contributed by atoms with Gasteiger partial charge >= 0.3 is 6.18 Å². The van der Waals surface area contributed by atoms with E-state index >= 15 is 0 Å². The number of nitrogens with zero attached hydrogens (tertiary/aromatic N) is 1. The quantitative estimate of drug-likeness (QED) is 0.901. The molecule has 8 heteroatoms. The third kappa shape index (κ3) is 5.42. The first-order valence-electron chi connectivity index (χ1n) is 4.84. The molecule has 0 spiro atoms. The second kappa shape index (κ2) is 7.27. The van der Waals surface area contributed by atoms with Gasteiger partial charge in [0.2, 0.25) is 11.8 Å². The van der Waals surface area contributed by atoms with Crippen LogP contribution in [-0.4, -0.2) is 31.9 Å². The molecule has 4 nitrogen and oxygen atoms in total. The lowest BCUT2D eigenvalue weighted by Crippen LogP contribution is -2.19. The van der Waals surface area contributed by atoms with Crippen molar-refractivity contribution < 1.29 is 22.6 Å². The standard InChI is InChI=1S/C10H13F3N2O2.ClH/c1-14-5-7-3-4-8(15-9(7)16-2)17-6-10(11,12)13;/h3-4,14H,5-6H2,1-2H3;1H. The minimum Gasteiger partial charge on any atom is -0.481 e. The highest BCUT2D eigenvalue weighted by atomic mass is 35.5. The molecule has 1 N–H and O–H groups in total. The highest BCUT2D eigenvalue weighted by molar-refractivity contribution is 5.85. The van der Waals surface area contributed by atoms with Gasteiger partial charge in [0.15, 0.2) is 6.61 Å². The lowest BCUT2D eigenvalue weighted by atomic mass is 10.2. The van der Waals surface area contributed by atoms with Gasteiger partial charge in [-0.05, 0) is 13.1 Å². The van der Waals surface area contributed by atoms with E-state index in [-0.39, 0.29) is 24.2 Å². The number of pyridine rings is 1. The first kappa shape index (κ1) is 16.8. The fourth-order valence-corrected chi connectivity index (χ4v) is 1.19. The summed E-state index contributed by atoms with van der Waals surface area (Å²) in [5.74, 6) is 0.137. The fraction of sp³-hybridized carbons (Fsp3) is 0.500. The maximum atomic E-state index is 11.9. The number of ether oxygens (including phenoxy) is 2. The van der Waals surface area contributed by atoms with Crippen molar-refractivity contribution in [1.82, 2.24) is 10.3 Å². The molecule has 1 heterocycles. The third-order valence-corrected chi connectivity index (χ3v) is 1.86. The Morgan fingerprint density at radius 2 is 2.00 bits per heavy atom. The number of rotatable bonds is 5. The van der Waals surface area contributed by atoms with Crippen molar-refractivity contribution in [3.63, 3.8) is 0 Å². The molecule has 0 atom stereocenters. The van der Waals surface area contributed by atoms with Crippen LogP contribution in [0.2, 0.25) is 0 Å². The van der Waals surface area contributed by atoms with Crippen molar-refractivity contribution in [2.24, 2.45) is 0 Å². The molecular formula is C10H14ClF3N2O2. The lowest BCUT2D eigenvalue weighted by Gasteiger charge is -2.11. The Morgan fingerprint density at radius 3 is 2.50 bits per heavy atom. The van der Waals surface area contributed by atoms with Gasteiger partial charge in [0.25, 0.3) is 0 Å². The zero-order valence-electron chi connectivity index (χ0n) is 9.87. The van der Waals surface area contributed by atoms with E-state index in [4.69, 9.17) is 4.74 Å². The van der Waals surface area contributed by atoms with Gasteiger partial charge in [-0.1, -0.05) is 0 Å². The summed E-state index contributed by atoms with van der Waals surface area (Å²) in [6.45, 7) is -0.857. The summed E-state index contributed by atoms with van der Waals surface area (Å²) in [5.41, 5.74) is 0.745. The van der Waals surface area contributed by atoms with E-state index in [1.807, 2.05) is 0 Å². The lowest BCUT2D eigenvalue weighted by molar-refractivity contribution is -0.154. The van der Waals surface area contributed by atoms with Crippen molar-refractivity contribution in [2.45, 2.75) is 12.7 Å². The second-order valence-electron chi connectivity index (χ2n) is 3.25. The Balaban J connectivity index is 0.00000289. The van der Waals surface area contributed by atoms with Gasteiger partial charge in [-0.25, -0.2) is 0 Å². The van der Waals surface area contributed by atoms with E-state index in [2.05, 4.69) is 15.0 Å². The largest absolute Gasteiger partial charge is 0.481 e. The number of aromatic nitrogens is 1. The summed E-state index contributed by atoms with van der Waals surface area (Å²) in [7, 11) is 3.14. The number of alkyl halides is 3. The minimum absolute atomic E-state index is 0. The zero-order chi connectivity index (χ0) is 12.9. The Labute approximate surface area is 109 Å². The maximum Gasteiger partial charge on any atom is 0.422 e. The van der Waals surface area contributed by atoms with Gasteiger partial charge in [0, 0.05) is 18.2 Å². The Morgan fingerprint density at radius 1 is 1.33 bits per heavy atom. The van der Waals surface area contributed by atoms with Crippen LogP contribution >= 0.6 is 12.4 Å². The molecule has 1 rings (SSSR count). The van der Waals surface area contributed by atoms with Crippen LogP contribution in [0, 0.1) is 0 Å². The number of hydrogen-bond donors (Lipinski definition) is 1. The van der Waals surface area contributed by atoms with Crippen LogP contribution in [-0.2, 0) is 6.54 Å². The van der Waals surface area contributed by atoms with Gasteiger partial charge in [-0.2, -0.15) is 18.2 Å². The average Bonchev–Trinajstić information content (AvgIpc) is 2.27. The van der Waals surface area contributed by atoms with Crippen LogP contribution in [0.3, 0.4) is 0 Å². The van der Waals surface area contributed by atoms with Crippen LogP contribution in [0.5, 0.6) is 11.8 Å². The molecule has 0 aliphatic heterocycles. The zero-order valence-corrected chi connectivity index (χ0v) is 10.7. The Kier molecular flexibility index (Phi) is 6.79. The first-order valence-corrected chi connectivity index (χ1v) is 4.84. The molecule has 0 unspecified atom stereocenters. The molecular weight excluding hydrogens is 273 g/mol. The molecule has 0 aliphatic carbocycles. The molecule has 0 radical (unpaired) electrons. The van der Waals surface area contributed by atoms with Crippen LogP contribution in [0.4, 0.5) is 13.2 Å². The molecule has 0 aliphatic rings. The molecule has 18 heavy (non-hydrogen) atoms. The molecule has 0 aromatic carbocycles. The number of nitrogens with one attached hydrogen (secondary N) is 1. The van der Waals surface area contributed by atoms with E-state index in [0.717, 1.165) is 5.56 Å². The third-order valence-electron chi connectivity index (χ3n) is 1.86. The summed E-state index contributed by atoms with van der Waals surface area (Å²) in [6.07, 6.45) is -4.38. The maximum absolute atomic E-state index is 11.9. The van der Waals surface area contributed by atoms with Gasteiger partial charge in [-0.15, -0.1) is 12.4 Å². The van der Waals surface area contributed by atoms with E-state index in [1.165, 1.54) is 13.2 Å². The van der Waals surface area contributed by atoms with Gasteiger partial charge < -0.3 is 14.8 Å². The van der Waals surface area contributed by atoms with Gasteiger partial charge in [0.1, 0.15) is 0 Å². The summed E-state index contributed by atoms with van der Waals surface area (Å²) in [5, 5.41) is 2.89. The average molecular weight is 287 g/mol. The molecule has 1 aromatic heterocycles. The summed E-state index contributed by atoms with van der Waals surface area (Å²) in [6, 6.07) is 2.98. The van der Waals surface area contributed by atoms with Crippen molar-refractivity contribution in [3.05, 3.63) is 17.7 Å². The van der Waals surface area contributed by atoms with Crippen molar-refractivity contribution >= 4 is 12.4 Å². The second-order valence-corrected chi connectivity index (χ2v) is 3.25. The Hall–Kier alpha value is -1.21. The predicted octanol–water partition coefficient (Wildman–Crippen LogP) is 2.17. The number of hydrogen-bond acceptors (Lipinski definition) is 4. The molecule has 0 saturated heterocycles. The predicted molar refractivity (Wildman–Crippen MR) is 62.4 cm³/mol. The molecule has 0 saturated carbocycles. The van der Waals surface area contributed by atoms with Crippen molar-refractivity contribution in [2.75, 3.05) is 20.8 Å². The molecule has 1 aromatic rings. The van der Waals surface area contributed by atoms with Gasteiger partial charge in [0.05, 0.1) is 7.11 Å². The number of halogens is 4. The summed E-state index contributed by atoms with van der Waals surface area (Å²) >= 11 is 0. The molecule has 104 valence electrons. The summed E-state index contributed by atoms with van der Waals surface area (Å²) < 4.78 is 45.3. The SMILES string of the molecule is CNCc1ccc(OCC(F)(F)F)nc1OC.Cl. The monoisotopic (exact) mass is 286 g/mol. The molecule has 0 fully saturated rings. The highest BCUT2D eigenvalue weighted by Crippen LogP contribution is 2.22. The van der Waals surface area contributed by atoms with Crippen LogP contribution < -0.4 is 14.8 Å². The van der Waals surface area contributed by atoms with E-state index in [0.29, 0.717) is 6.54 Å². The fourth-order valence-electron chi connectivity index (χ4n) is 1.19. The van der Waals surface area contributed by atoms with Crippen LogP contribution in [0.25, 0.3) is 0 Å². The van der Waals surface area contributed by atoms with Crippen molar-refractivity contribution in [3.8, 4) is 11.8 Å². The normalized spacial score (nSPS) is 10.7. The topological polar surface area (TPSA) is 43.4 Å². The van der Waals surface area contributed by atoms with Crippen LogP contribution in [0.15, 0.2) is 12.1 Å². The molecule has 0 bridgehead atoms. The van der Waals surface area contributed by atoms with E-state index in [9.17, 15) is 13.2 Å².